The quantitative estimate of drug-likeness (QED) is 0.352. The molecule has 0 saturated heterocycles. The van der Waals surface area contributed by atoms with Crippen LogP contribution in [0.3, 0.4) is 0 Å². The van der Waals surface area contributed by atoms with Crippen molar-refractivity contribution < 1.29 is 9.53 Å². The molecule has 0 unspecified atom stereocenters. The molecule has 5 nitrogen and oxygen atoms in total. The van der Waals surface area contributed by atoms with Gasteiger partial charge < -0.3 is 16.2 Å². The second kappa shape index (κ2) is 8.91. The van der Waals surface area contributed by atoms with Crippen LogP contribution in [0.15, 0.2) is 53.5 Å². The van der Waals surface area contributed by atoms with Crippen LogP contribution in [0.1, 0.15) is 25.7 Å². The third kappa shape index (κ3) is 5.47. The van der Waals surface area contributed by atoms with Gasteiger partial charge in [-0.05, 0) is 67.0 Å². The van der Waals surface area contributed by atoms with E-state index in [1.165, 1.54) is 0 Å². The Morgan fingerprint density at radius 3 is 2.07 bits per heavy atom. The fourth-order valence-corrected chi connectivity index (χ4v) is 3.50. The molecule has 1 fully saturated rings. The summed E-state index contributed by atoms with van der Waals surface area (Å²) in [7, 11) is 0. The zero-order valence-corrected chi connectivity index (χ0v) is 15.9. The number of rotatable bonds is 5. The topological polar surface area (TPSA) is 90.7 Å². The van der Waals surface area contributed by atoms with Gasteiger partial charge in [-0.1, -0.05) is 35.9 Å². The number of esters is 1. The zero-order valence-electron chi connectivity index (χ0n) is 15.1. The number of carbonyl (C=O) groups is 1. The molecule has 0 atom stereocenters. The standard InChI is InChI=1S/C21H24ClN3O2/c22-18-9-5-15(6-10-18)16-7-11-19(12-8-16)27-20(26)17-3-1-14(2-4-17)13-25-21(23)24/h5-12,14,17H,1-4,13H2,(H4,23,24,25). The highest BCUT2D eigenvalue weighted by Gasteiger charge is 2.27. The molecular weight excluding hydrogens is 362 g/mol. The number of nitrogens with two attached hydrogens (primary N) is 2. The number of carbonyl (C=O) groups excluding carboxylic acids is 1. The van der Waals surface area contributed by atoms with E-state index >= 15 is 0 Å². The second-order valence-corrected chi connectivity index (χ2v) is 7.37. The summed E-state index contributed by atoms with van der Waals surface area (Å²) < 4.78 is 5.57. The van der Waals surface area contributed by atoms with Crippen molar-refractivity contribution in [2.45, 2.75) is 25.7 Å². The summed E-state index contributed by atoms with van der Waals surface area (Å²) in [6, 6.07) is 15.2. The van der Waals surface area contributed by atoms with Crippen LogP contribution >= 0.6 is 11.6 Å². The third-order valence-electron chi connectivity index (χ3n) is 4.96. The molecule has 0 aliphatic heterocycles. The van der Waals surface area contributed by atoms with Crippen LogP contribution in [0.5, 0.6) is 5.75 Å². The molecule has 0 aromatic heterocycles. The Balaban J connectivity index is 1.52. The number of hydrogen-bond donors (Lipinski definition) is 2. The lowest BCUT2D eigenvalue weighted by atomic mass is 9.82. The minimum atomic E-state index is -0.158. The molecule has 3 rings (SSSR count). The molecule has 0 radical (unpaired) electrons. The average molecular weight is 386 g/mol. The highest BCUT2D eigenvalue weighted by atomic mass is 35.5. The maximum Gasteiger partial charge on any atom is 0.314 e. The van der Waals surface area contributed by atoms with Crippen molar-refractivity contribution >= 4 is 23.5 Å². The molecule has 142 valence electrons. The molecule has 0 amide bonds. The number of nitrogens with zero attached hydrogens (tertiary/aromatic N) is 1. The normalized spacial score (nSPS) is 19.3. The van der Waals surface area contributed by atoms with Gasteiger partial charge in [-0.3, -0.25) is 9.79 Å². The van der Waals surface area contributed by atoms with Gasteiger partial charge in [-0.25, -0.2) is 0 Å². The highest BCUT2D eigenvalue weighted by Crippen LogP contribution is 2.31. The van der Waals surface area contributed by atoms with E-state index in [1.54, 1.807) is 0 Å². The molecule has 6 heteroatoms. The first-order valence-corrected chi connectivity index (χ1v) is 9.52. The Kier molecular flexibility index (Phi) is 6.35. The predicted molar refractivity (Wildman–Crippen MR) is 109 cm³/mol. The number of hydrogen-bond acceptors (Lipinski definition) is 3. The van der Waals surface area contributed by atoms with Gasteiger partial charge in [0.05, 0.1) is 5.92 Å². The molecule has 2 aromatic rings. The van der Waals surface area contributed by atoms with Crippen LogP contribution in [0.25, 0.3) is 11.1 Å². The van der Waals surface area contributed by atoms with Crippen molar-refractivity contribution in [3.8, 4) is 16.9 Å². The van der Waals surface area contributed by atoms with E-state index in [0.717, 1.165) is 36.8 Å². The summed E-state index contributed by atoms with van der Waals surface area (Å²) in [6.45, 7) is 0.635. The Labute approximate surface area is 164 Å². The van der Waals surface area contributed by atoms with Gasteiger partial charge in [0.1, 0.15) is 5.75 Å². The molecule has 1 aliphatic rings. The molecule has 2 aromatic carbocycles. The smallest absolute Gasteiger partial charge is 0.314 e. The first-order valence-electron chi connectivity index (χ1n) is 9.14. The van der Waals surface area contributed by atoms with Crippen molar-refractivity contribution in [3.05, 3.63) is 53.6 Å². The fraction of sp³-hybridized carbons (Fsp3) is 0.333. The highest BCUT2D eigenvalue weighted by molar-refractivity contribution is 6.30. The van der Waals surface area contributed by atoms with Gasteiger partial charge in [0.15, 0.2) is 5.96 Å². The van der Waals surface area contributed by atoms with Crippen LogP contribution in [0, 0.1) is 11.8 Å². The van der Waals surface area contributed by atoms with E-state index in [4.69, 9.17) is 27.8 Å². The Hall–Kier alpha value is -2.53. The molecule has 1 saturated carbocycles. The van der Waals surface area contributed by atoms with Crippen LogP contribution < -0.4 is 16.2 Å². The number of halogens is 1. The Morgan fingerprint density at radius 2 is 1.52 bits per heavy atom. The zero-order chi connectivity index (χ0) is 19.2. The van der Waals surface area contributed by atoms with E-state index in [-0.39, 0.29) is 17.8 Å². The number of aliphatic imine (C=N–C) groups is 1. The summed E-state index contributed by atoms with van der Waals surface area (Å²) in [5, 5.41) is 0.706. The maximum atomic E-state index is 12.4. The van der Waals surface area contributed by atoms with Crippen LogP contribution in [0.4, 0.5) is 0 Å². The van der Waals surface area contributed by atoms with E-state index in [2.05, 4.69) is 4.99 Å². The number of guanidine groups is 1. The molecule has 1 aliphatic carbocycles. The lowest BCUT2D eigenvalue weighted by molar-refractivity contribution is -0.140. The van der Waals surface area contributed by atoms with E-state index < -0.39 is 0 Å². The van der Waals surface area contributed by atoms with E-state index in [9.17, 15) is 4.79 Å². The lowest BCUT2D eigenvalue weighted by Crippen LogP contribution is -2.28. The molecular formula is C21H24ClN3O2. The Bertz CT molecular complexity index is 791. The van der Waals surface area contributed by atoms with Crippen molar-refractivity contribution in [3.63, 3.8) is 0 Å². The molecule has 4 N–H and O–H groups in total. The average Bonchev–Trinajstić information content (AvgIpc) is 2.68. The summed E-state index contributed by atoms with van der Waals surface area (Å²) >= 11 is 5.92. The summed E-state index contributed by atoms with van der Waals surface area (Å²) in [4.78, 5) is 16.5. The van der Waals surface area contributed by atoms with Gasteiger partial charge >= 0.3 is 5.97 Å². The number of ether oxygens (including phenoxy) is 1. The fourth-order valence-electron chi connectivity index (χ4n) is 3.37. The third-order valence-corrected chi connectivity index (χ3v) is 5.21. The van der Waals surface area contributed by atoms with E-state index in [0.29, 0.717) is 23.2 Å². The predicted octanol–water partition coefficient (Wildman–Crippen LogP) is 3.99. The van der Waals surface area contributed by atoms with Crippen molar-refractivity contribution in [1.29, 1.82) is 0 Å². The Morgan fingerprint density at radius 1 is 0.963 bits per heavy atom. The van der Waals surface area contributed by atoms with Crippen LogP contribution in [-0.2, 0) is 4.79 Å². The van der Waals surface area contributed by atoms with Gasteiger partial charge in [0.2, 0.25) is 0 Å². The second-order valence-electron chi connectivity index (χ2n) is 6.94. The first kappa shape index (κ1) is 19.2. The SMILES string of the molecule is NC(N)=NCC1CCC(C(=O)Oc2ccc(-c3ccc(Cl)cc3)cc2)CC1. The lowest BCUT2D eigenvalue weighted by Gasteiger charge is -2.26. The van der Waals surface area contributed by atoms with Crippen molar-refractivity contribution in [2.24, 2.45) is 28.3 Å². The van der Waals surface area contributed by atoms with E-state index in [1.807, 2.05) is 48.5 Å². The monoisotopic (exact) mass is 385 g/mol. The van der Waals surface area contributed by atoms with Gasteiger partial charge in [0.25, 0.3) is 0 Å². The maximum absolute atomic E-state index is 12.4. The molecule has 27 heavy (non-hydrogen) atoms. The van der Waals surface area contributed by atoms with Crippen molar-refractivity contribution in [1.82, 2.24) is 0 Å². The molecule has 0 bridgehead atoms. The molecule has 0 heterocycles. The van der Waals surface area contributed by atoms with Gasteiger partial charge in [0, 0.05) is 11.6 Å². The number of benzene rings is 2. The van der Waals surface area contributed by atoms with Gasteiger partial charge in [-0.15, -0.1) is 0 Å². The summed E-state index contributed by atoms with van der Waals surface area (Å²) in [5.74, 6) is 0.916. The minimum absolute atomic E-state index is 0.0589. The minimum Gasteiger partial charge on any atom is -0.426 e. The summed E-state index contributed by atoms with van der Waals surface area (Å²) in [5.41, 5.74) is 12.9. The molecule has 0 spiro atoms. The van der Waals surface area contributed by atoms with Crippen molar-refractivity contribution in [2.75, 3.05) is 6.54 Å². The van der Waals surface area contributed by atoms with Crippen LogP contribution in [-0.4, -0.2) is 18.5 Å². The largest absolute Gasteiger partial charge is 0.426 e. The summed E-state index contributed by atoms with van der Waals surface area (Å²) in [6.07, 6.45) is 3.50. The van der Waals surface area contributed by atoms with Gasteiger partial charge in [-0.2, -0.15) is 0 Å². The first-order chi connectivity index (χ1) is 13.0. The van der Waals surface area contributed by atoms with Crippen LogP contribution in [0.2, 0.25) is 5.02 Å².